The summed E-state index contributed by atoms with van der Waals surface area (Å²) in [5.74, 6) is -0.801. The molecule has 0 bridgehead atoms. The maximum Gasteiger partial charge on any atom is 0.339 e. The first-order chi connectivity index (χ1) is 14.4. The minimum Gasteiger partial charge on any atom is -0.482 e. The zero-order valence-corrected chi connectivity index (χ0v) is 16.9. The number of nitrogens with one attached hydrogen (secondary N) is 1. The molecule has 0 fully saturated rings. The highest BCUT2D eigenvalue weighted by Crippen LogP contribution is 2.30. The van der Waals surface area contributed by atoms with E-state index in [1.54, 1.807) is 26.0 Å². The number of ether oxygens (including phenoxy) is 2. The van der Waals surface area contributed by atoms with E-state index in [1.807, 2.05) is 0 Å². The lowest BCUT2D eigenvalue weighted by atomic mass is 10.0. The van der Waals surface area contributed by atoms with Gasteiger partial charge in [0.2, 0.25) is 0 Å². The van der Waals surface area contributed by atoms with Gasteiger partial charge in [0.15, 0.2) is 12.4 Å². The molecular formula is C20H17N3O6S. The summed E-state index contributed by atoms with van der Waals surface area (Å²) in [5.41, 5.74) is 0.333. The smallest absolute Gasteiger partial charge is 0.339 e. The van der Waals surface area contributed by atoms with E-state index in [-0.39, 0.29) is 35.9 Å². The van der Waals surface area contributed by atoms with Gasteiger partial charge in [0.25, 0.3) is 11.5 Å². The number of aromatic nitrogens is 2. The molecule has 1 aliphatic heterocycles. The van der Waals surface area contributed by atoms with Crippen LogP contribution in [0.5, 0.6) is 5.75 Å². The van der Waals surface area contributed by atoms with Crippen LogP contribution in [0.3, 0.4) is 0 Å². The van der Waals surface area contributed by atoms with Crippen LogP contribution in [0.4, 0.5) is 5.69 Å². The Morgan fingerprint density at radius 2 is 2.17 bits per heavy atom. The van der Waals surface area contributed by atoms with Gasteiger partial charge < -0.3 is 14.8 Å². The Labute approximate surface area is 174 Å². The Morgan fingerprint density at radius 3 is 2.93 bits per heavy atom. The lowest BCUT2D eigenvalue weighted by molar-refractivity contribution is -0.118. The van der Waals surface area contributed by atoms with Gasteiger partial charge in [-0.1, -0.05) is 0 Å². The predicted octanol–water partition coefficient (Wildman–Crippen LogP) is 2.41. The second-order valence-corrected chi connectivity index (χ2v) is 7.45. The number of hydrogen-bond acceptors (Lipinski definition) is 8. The third-order valence-electron chi connectivity index (χ3n) is 4.71. The average Bonchev–Trinajstić information content (AvgIpc) is 3.18. The molecule has 1 aliphatic rings. The zero-order chi connectivity index (χ0) is 21.4. The van der Waals surface area contributed by atoms with Gasteiger partial charge in [-0.25, -0.2) is 9.78 Å². The molecule has 9 nitrogen and oxygen atoms in total. The van der Waals surface area contributed by atoms with Crippen molar-refractivity contribution in [1.82, 2.24) is 9.55 Å². The van der Waals surface area contributed by atoms with Gasteiger partial charge in [-0.2, -0.15) is 0 Å². The van der Waals surface area contributed by atoms with Crippen molar-refractivity contribution in [3.8, 4) is 5.75 Å². The van der Waals surface area contributed by atoms with Crippen LogP contribution in [0, 0.1) is 0 Å². The highest BCUT2D eigenvalue weighted by molar-refractivity contribution is 7.17. The van der Waals surface area contributed by atoms with Gasteiger partial charge in [0.05, 0.1) is 35.6 Å². The molecule has 0 saturated carbocycles. The molecule has 3 aromatic rings. The molecular weight excluding hydrogens is 410 g/mol. The highest BCUT2D eigenvalue weighted by atomic mass is 32.1. The number of fused-ring (bicyclic) bond motifs is 2. The first-order valence-corrected chi connectivity index (χ1v) is 10.0. The van der Waals surface area contributed by atoms with Crippen LogP contribution in [-0.4, -0.2) is 40.4 Å². The van der Waals surface area contributed by atoms with E-state index in [1.165, 1.54) is 22.3 Å². The predicted molar refractivity (Wildman–Crippen MR) is 109 cm³/mol. The monoisotopic (exact) mass is 427 g/mol. The molecule has 0 spiro atoms. The van der Waals surface area contributed by atoms with Gasteiger partial charge in [0.1, 0.15) is 10.6 Å². The summed E-state index contributed by atoms with van der Waals surface area (Å²) in [5, 5.41) is 4.31. The molecule has 2 aromatic heterocycles. The normalized spacial score (nSPS) is 13.9. The molecule has 1 N–H and O–H groups in total. The molecule has 0 aliphatic carbocycles. The van der Waals surface area contributed by atoms with Crippen molar-refractivity contribution in [2.75, 3.05) is 18.5 Å². The van der Waals surface area contributed by atoms with Gasteiger partial charge in [-0.15, -0.1) is 11.3 Å². The minimum atomic E-state index is -0.886. The molecule has 1 atom stereocenters. The van der Waals surface area contributed by atoms with Crippen LogP contribution in [-0.2, 0) is 9.53 Å². The van der Waals surface area contributed by atoms with Crippen molar-refractivity contribution in [3.63, 3.8) is 0 Å². The van der Waals surface area contributed by atoms with E-state index in [0.717, 1.165) is 11.3 Å². The number of carbonyl (C=O) groups is 3. The lowest BCUT2D eigenvalue weighted by Crippen LogP contribution is -2.29. The summed E-state index contributed by atoms with van der Waals surface area (Å²) in [6.45, 7) is 3.34. The van der Waals surface area contributed by atoms with Crippen LogP contribution in [0.15, 0.2) is 34.7 Å². The summed E-state index contributed by atoms with van der Waals surface area (Å²) in [6, 6.07) is 3.79. The average molecular weight is 427 g/mol. The maximum atomic E-state index is 13.1. The Hall–Kier alpha value is -3.53. The fourth-order valence-electron chi connectivity index (χ4n) is 3.18. The number of carbonyl (C=O) groups excluding carboxylic acids is 3. The van der Waals surface area contributed by atoms with E-state index >= 15 is 0 Å². The molecule has 154 valence electrons. The highest BCUT2D eigenvalue weighted by Gasteiger charge is 2.25. The SMILES string of the molecule is CCOC(=O)c1csc2ncn(C(C)C(=O)c3ccc4c(c3)NC(=O)CO4)c(=O)c12. The standard InChI is InChI=1S/C20H17N3O6S/c1-3-28-20(27)12-8-30-18-16(12)19(26)23(9-21-18)10(2)17(25)11-4-5-14-13(6-11)22-15(24)7-29-14/h4-6,8-10H,3,7H2,1-2H3,(H,22,24). The summed E-state index contributed by atoms with van der Waals surface area (Å²) in [7, 11) is 0. The Balaban J connectivity index is 1.71. The van der Waals surface area contributed by atoms with E-state index in [9.17, 15) is 19.2 Å². The number of thiophene rings is 1. The Kier molecular flexibility index (Phi) is 5.08. The Bertz CT molecular complexity index is 1250. The van der Waals surface area contributed by atoms with Gasteiger partial charge in [0, 0.05) is 10.9 Å². The molecule has 4 rings (SSSR count). The van der Waals surface area contributed by atoms with Crippen LogP contribution in [0.25, 0.3) is 10.2 Å². The molecule has 1 aromatic carbocycles. The van der Waals surface area contributed by atoms with E-state index < -0.39 is 17.6 Å². The summed E-state index contributed by atoms with van der Waals surface area (Å²) in [4.78, 5) is 54.4. The number of benzene rings is 1. The second-order valence-electron chi connectivity index (χ2n) is 6.60. The molecule has 30 heavy (non-hydrogen) atoms. The van der Waals surface area contributed by atoms with E-state index in [2.05, 4.69) is 10.3 Å². The van der Waals surface area contributed by atoms with Crippen molar-refractivity contribution in [2.24, 2.45) is 0 Å². The van der Waals surface area contributed by atoms with E-state index in [4.69, 9.17) is 9.47 Å². The fourth-order valence-corrected chi connectivity index (χ4v) is 4.05. The lowest BCUT2D eigenvalue weighted by Gasteiger charge is -2.19. The largest absolute Gasteiger partial charge is 0.482 e. The summed E-state index contributed by atoms with van der Waals surface area (Å²) >= 11 is 1.16. The van der Waals surface area contributed by atoms with Crippen molar-refractivity contribution in [3.05, 3.63) is 51.4 Å². The first kappa shape index (κ1) is 19.8. The number of hydrogen-bond donors (Lipinski definition) is 1. The number of rotatable bonds is 5. The topological polar surface area (TPSA) is 117 Å². The summed E-state index contributed by atoms with van der Waals surface area (Å²) < 4.78 is 11.5. The number of ketones is 1. The number of nitrogens with zero attached hydrogens (tertiary/aromatic N) is 2. The number of amides is 1. The number of anilines is 1. The van der Waals surface area contributed by atoms with Crippen LogP contribution in [0.1, 0.15) is 40.6 Å². The third-order valence-corrected chi connectivity index (χ3v) is 5.59. The minimum absolute atomic E-state index is 0.0821. The molecule has 1 amide bonds. The molecule has 10 heteroatoms. The van der Waals surface area contributed by atoms with Crippen molar-refractivity contribution in [1.29, 1.82) is 0 Å². The zero-order valence-electron chi connectivity index (χ0n) is 16.1. The third kappa shape index (κ3) is 3.35. The van der Waals surface area contributed by atoms with Gasteiger partial charge >= 0.3 is 5.97 Å². The Morgan fingerprint density at radius 1 is 1.37 bits per heavy atom. The fraction of sp³-hybridized carbons (Fsp3) is 0.250. The second kappa shape index (κ2) is 7.71. The summed E-state index contributed by atoms with van der Waals surface area (Å²) in [6.07, 6.45) is 1.29. The van der Waals surface area contributed by atoms with E-state index in [0.29, 0.717) is 21.8 Å². The van der Waals surface area contributed by atoms with Crippen LogP contribution < -0.4 is 15.6 Å². The number of Topliss-reactive ketones (excluding diaryl/α,β-unsaturated/α-hetero) is 1. The van der Waals surface area contributed by atoms with Crippen molar-refractivity contribution >= 4 is 44.9 Å². The number of esters is 1. The first-order valence-electron chi connectivity index (χ1n) is 9.17. The quantitative estimate of drug-likeness (QED) is 0.491. The van der Waals surface area contributed by atoms with Crippen molar-refractivity contribution < 1.29 is 23.9 Å². The molecule has 0 radical (unpaired) electrons. The molecule has 1 unspecified atom stereocenters. The maximum absolute atomic E-state index is 13.1. The van der Waals surface area contributed by atoms with Crippen molar-refractivity contribution in [2.45, 2.75) is 19.9 Å². The molecule has 3 heterocycles. The van der Waals surface area contributed by atoms with Crippen LogP contribution >= 0.6 is 11.3 Å². The molecule has 0 saturated heterocycles. The van der Waals surface area contributed by atoms with Crippen LogP contribution in [0.2, 0.25) is 0 Å². The van der Waals surface area contributed by atoms with Gasteiger partial charge in [-0.05, 0) is 32.0 Å². The van der Waals surface area contributed by atoms with Gasteiger partial charge in [-0.3, -0.25) is 19.0 Å².